The number of nitrogens with zero attached hydrogens (tertiary/aromatic N) is 9. The molecular weight excluding hydrogens is 1730 g/mol. The normalized spacial score (nSPS) is 18.4. The molecule has 37 heteroatoms. The molecule has 9 aromatic rings. The molecular formula is C94H109N11O24S2. The number of Topliss-reactive ketones (excluding diaryl/α,β-unsaturated/α-hetero) is 1. The summed E-state index contributed by atoms with van der Waals surface area (Å²) < 4.78 is 125. The van der Waals surface area contributed by atoms with Crippen LogP contribution in [0.3, 0.4) is 0 Å². The fourth-order valence-corrected chi connectivity index (χ4v) is 17.7. The van der Waals surface area contributed by atoms with Crippen molar-refractivity contribution < 1.29 is 112 Å². The molecule has 7 aromatic carbocycles. The van der Waals surface area contributed by atoms with Crippen molar-refractivity contribution in [1.82, 2.24) is 40.1 Å². The number of benzene rings is 7. The van der Waals surface area contributed by atoms with Gasteiger partial charge in [-0.15, -0.1) is 13.5 Å². The van der Waals surface area contributed by atoms with Gasteiger partial charge in [0, 0.05) is 120 Å². The number of carbonyl (C=O) groups is 5. The number of fused-ring (bicyclic) bond motifs is 7. The molecule has 1 saturated heterocycles. The lowest BCUT2D eigenvalue weighted by Gasteiger charge is -2.39. The first kappa shape index (κ1) is 95.1. The van der Waals surface area contributed by atoms with Crippen molar-refractivity contribution >= 4 is 79.1 Å². The van der Waals surface area contributed by atoms with Gasteiger partial charge in [-0.2, -0.15) is 0 Å². The van der Waals surface area contributed by atoms with E-state index in [1.165, 1.54) is 56.7 Å². The number of aliphatic hydroxyl groups excluding tert-OH is 4. The van der Waals surface area contributed by atoms with Gasteiger partial charge in [-0.3, -0.25) is 43.5 Å². The molecule has 2 aromatic heterocycles. The molecule has 0 aliphatic carbocycles. The summed E-state index contributed by atoms with van der Waals surface area (Å²) in [6.45, 7) is 18.8. The summed E-state index contributed by atoms with van der Waals surface area (Å²) in [7, 11) is -4.28. The number of methoxy groups -OCH3 is 2. The van der Waals surface area contributed by atoms with Crippen LogP contribution in [-0.2, 0) is 92.0 Å². The molecule has 131 heavy (non-hydrogen) atoms. The third-order valence-electron chi connectivity index (χ3n) is 22.9. The Balaban J connectivity index is 0.598. The number of anilines is 1. The van der Waals surface area contributed by atoms with Gasteiger partial charge in [-0.05, 0) is 102 Å². The lowest BCUT2D eigenvalue weighted by molar-refractivity contribution is -0.277. The van der Waals surface area contributed by atoms with Crippen molar-refractivity contribution in [2.45, 2.75) is 162 Å². The summed E-state index contributed by atoms with van der Waals surface area (Å²) in [6.07, 6.45) is -1.19. The number of carbonyl (C=O) groups excluding carboxylic acids is 5. The predicted octanol–water partition coefficient (Wildman–Crippen LogP) is 9.51. The molecule has 1 fully saturated rings. The third kappa shape index (κ3) is 23.1. The molecule has 14 rings (SSSR count). The Morgan fingerprint density at radius 3 is 1.82 bits per heavy atom. The zero-order chi connectivity index (χ0) is 93.7. The van der Waals surface area contributed by atoms with E-state index in [1.54, 1.807) is 94.0 Å². The fourth-order valence-electron chi connectivity index (χ4n) is 15.7. The second-order valence-corrected chi connectivity index (χ2v) is 39.8. The number of aryl methyl sites for hydroxylation is 2. The van der Waals surface area contributed by atoms with E-state index in [9.17, 15) is 61.2 Å². The second kappa shape index (κ2) is 39.6. The Hall–Kier alpha value is -12.0. The Labute approximate surface area is 759 Å². The molecule has 5 aliphatic heterocycles. The number of hydrogen-bond acceptors (Lipinski definition) is 29. The smallest absolute Gasteiger partial charge is 0.493 e. The number of imidazole rings is 1. The molecule has 0 radical (unpaired) electrons. The summed E-state index contributed by atoms with van der Waals surface area (Å²) in [5.74, 6) is -3.12. The van der Waals surface area contributed by atoms with E-state index in [4.69, 9.17) is 61.0 Å². The molecule has 0 bridgehead atoms. The molecule has 7 atom stereocenters. The molecule has 2 unspecified atom stereocenters. The second-order valence-electron chi connectivity index (χ2n) is 36.5. The van der Waals surface area contributed by atoms with E-state index in [0.717, 1.165) is 40.3 Å². The highest BCUT2D eigenvalue weighted by Crippen LogP contribution is 2.44. The van der Waals surface area contributed by atoms with E-state index < -0.39 is 96.6 Å². The van der Waals surface area contributed by atoms with Crippen LogP contribution in [0.4, 0.5) is 17.1 Å². The summed E-state index contributed by atoms with van der Waals surface area (Å²) >= 11 is 0. The van der Waals surface area contributed by atoms with Crippen LogP contribution < -0.4 is 47.6 Å². The Bertz CT molecular complexity index is 6030. The maximum atomic E-state index is 14.7. The first-order valence-corrected chi connectivity index (χ1v) is 45.7. The zero-order valence-electron chi connectivity index (χ0n) is 74.9. The van der Waals surface area contributed by atoms with Crippen molar-refractivity contribution in [3.8, 4) is 40.2 Å². The molecule has 4 amide bonds. The predicted molar refractivity (Wildman–Crippen MR) is 479 cm³/mol. The van der Waals surface area contributed by atoms with Gasteiger partial charge in [0.05, 0.1) is 130 Å². The van der Waals surface area contributed by atoms with E-state index in [-0.39, 0.29) is 144 Å². The zero-order valence-corrected chi connectivity index (χ0v) is 76.5. The quantitative estimate of drug-likeness (QED) is 0.0195. The van der Waals surface area contributed by atoms with Crippen LogP contribution in [0.15, 0.2) is 161 Å². The first-order chi connectivity index (χ1) is 62.2. The van der Waals surface area contributed by atoms with Crippen molar-refractivity contribution in [3.63, 3.8) is 0 Å². The van der Waals surface area contributed by atoms with Gasteiger partial charge in [0.15, 0.2) is 50.1 Å². The lowest BCUT2D eigenvalue weighted by atomic mass is 9.93. The topological polar surface area (TPSA) is 440 Å². The molecule has 5 aliphatic rings. The fraction of sp³-hybridized carbons (Fsp3) is 0.426. The molecule has 0 spiro atoms. The van der Waals surface area contributed by atoms with Crippen LogP contribution in [0, 0.1) is 28.6 Å². The Morgan fingerprint density at radius 1 is 0.595 bits per heavy atom. The SMILES string of the molecule is COc1cc2c(cc1OCc1cc(COc3cc4c(cc3OC)C(=O)N3c5ccccc5C[C@H]3C=N4)cc(OS(=O)(=O)Oc3cc(C(=O)NCC(C)(C)COCC(C)(C)Cn4cc(COCC(C)(C)COCC(C)(C)CNC(=O)c5ccc(C(=O)CCS(=O)(=O)c6ccc(C)cc6)cc5)nn4)ccc3O[C@@H]3OC(CO)[C@H](O)[C@H](O)[C@H]3O)c1)N=CC1Cc3c(ncn3C)CN1C2=O. The van der Waals surface area contributed by atoms with Gasteiger partial charge >= 0.3 is 10.4 Å². The minimum atomic E-state index is -5.36. The number of aliphatic hydroxyl groups is 4. The molecule has 696 valence electrons. The van der Waals surface area contributed by atoms with Gasteiger partial charge in [0.1, 0.15) is 49.1 Å². The van der Waals surface area contributed by atoms with Gasteiger partial charge < -0.3 is 91.5 Å². The minimum absolute atomic E-state index is 0.0365. The number of para-hydroxylation sites is 1. The number of rotatable bonds is 40. The Kier molecular flexibility index (Phi) is 28.7. The average Bonchev–Trinajstić information content (AvgIpc) is 1.61. The molecule has 6 N–H and O–H groups in total. The summed E-state index contributed by atoms with van der Waals surface area (Å²) in [6, 6.07) is 33.6. The van der Waals surface area contributed by atoms with Gasteiger partial charge in [-0.25, -0.2) is 13.4 Å². The first-order valence-electron chi connectivity index (χ1n) is 42.7. The summed E-state index contributed by atoms with van der Waals surface area (Å²) in [5.41, 5.74) is 5.25. The van der Waals surface area contributed by atoms with Crippen LogP contribution >= 0.6 is 0 Å². The van der Waals surface area contributed by atoms with Gasteiger partial charge in [0.2, 0.25) is 6.29 Å². The summed E-state index contributed by atoms with van der Waals surface area (Å²) in [5, 5.41) is 57.2. The Morgan fingerprint density at radius 2 is 1.18 bits per heavy atom. The van der Waals surface area contributed by atoms with Crippen LogP contribution in [0.5, 0.6) is 40.2 Å². The monoisotopic (exact) mass is 1840 g/mol. The minimum Gasteiger partial charge on any atom is -0.493 e. The number of amides is 4. The lowest BCUT2D eigenvalue weighted by Crippen LogP contribution is -2.60. The number of ether oxygens (including phenoxy) is 9. The summed E-state index contributed by atoms with van der Waals surface area (Å²) in [4.78, 5) is 86.7. The number of aliphatic imine (C=N–C) groups is 2. The van der Waals surface area contributed by atoms with E-state index in [1.807, 2.05) is 98.2 Å². The number of hydrogen-bond donors (Lipinski definition) is 6. The number of sulfone groups is 1. The highest BCUT2D eigenvalue weighted by Gasteiger charge is 2.46. The van der Waals surface area contributed by atoms with Crippen LogP contribution in [0.2, 0.25) is 0 Å². The van der Waals surface area contributed by atoms with Gasteiger partial charge in [0.25, 0.3) is 23.6 Å². The average molecular weight is 1840 g/mol. The maximum absolute atomic E-state index is 14.7. The van der Waals surface area contributed by atoms with Crippen molar-refractivity contribution in [2.24, 2.45) is 38.7 Å². The van der Waals surface area contributed by atoms with Crippen LogP contribution in [0.1, 0.15) is 153 Å². The molecule has 0 saturated carbocycles. The highest BCUT2D eigenvalue weighted by molar-refractivity contribution is 7.91. The maximum Gasteiger partial charge on any atom is 0.501 e. The highest BCUT2D eigenvalue weighted by atomic mass is 32.3. The number of nitrogens with one attached hydrogen (secondary N) is 2. The third-order valence-corrected chi connectivity index (χ3v) is 25.4. The van der Waals surface area contributed by atoms with E-state index in [0.29, 0.717) is 85.1 Å². The van der Waals surface area contributed by atoms with Crippen molar-refractivity contribution in [1.29, 1.82) is 0 Å². The van der Waals surface area contributed by atoms with E-state index in [2.05, 4.69) is 25.9 Å². The van der Waals surface area contributed by atoms with Crippen molar-refractivity contribution in [2.75, 3.05) is 77.6 Å². The molecule has 7 heterocycles. The van der Waals surface area contributed by atoms with Crippen LogP contribution in [-0.4, -0.2) is 224 Å². The van der Waals surface area contributed by atoms with Crippen molar-refractivity contribution in [3.05, 3.63) is 213 Å². The van der Waals surface area contributed by atoms with Gasteiger partial charge in [-0.1, -0.05) is 109 Å². The van der Waals surface area contributed by atoms with E-state index >= 15 is 0 Å². The van der Waals surface area contributed by atoms with Crippen LogP contribution in [0.25, 0.3) is 0 Å². The molecule has 35 nitrogen and oxygen atoms in total. The largest absolute Gasteiger partial charge is 0.501 e. The number of ketones is 1. The standard InChI is InChI=1S/C94H109N11O24S2/c1-56-17-24-67(25-18-56)130(115,116)28-27-75(107)59-19-21-60(22-20-59)86(111)97-47-91(2,3)51-123-54-94(8,9)53-121-46-63-41-103(101-100-63)49-93(6,7)52-122-50-92(4,5)48-98-87(112)62-23-26-76(126-90-85(110)84(109)83(108)82(43-106)127-90)81(33-62)129-131(117,118)128-66-30-57(44-124-79-37-70-68(35-77(79)119-11)88(113)104-42-72-74(102(10)55-99-72)34-64(104)39-95-70)29-58(31-66)45-125-80-38-71-69(36-78(80)120-12)89(114)105-65(40-96-71)32-61-15-13-14-16-73(61)105/h13-26,29-31,33,35-41,55,64-65,82-85,90,106,108-110H,27-28,32,34,42-54H2,1-12H3,(H,97,111)(H,98,112)/t64?,65-,82?,83-,84-,85+,90+/m0/s1. The number of aromatic nitrogens is 5.